The van der Waals surface area contributed by atoms with E-state index >= 15 is 0 Å². The summed E-state index contributed by atoms with van der Waals surface area (Å²) < 4.78 is 0. The normalized spacial score (nSPS) is 30.0. The van der Waals surface area contributed by atoms with Gasteiger partial charge in [-0.05, 0) is 45.1 Å². The van der Waals surface area contributed by atoms with E-state index in [0.29, 0.717) is 6.54 Å². The van der Waals surface area contributed by atoms with Gasteiger partial charge in [0.15, 0.2) is 0 Å². The van der Waals surface area contributed by atoms with E-state index in [9.17, 15) is 5.11 Å². The molecule has 0 amide bonds. The smallest absolute Gasteiger partial charge is 0.0936 e. The van der Waals surface area contributed by atoms with E-state index in [0.717, 1.165) is 37.2 Å². The van der Waals surface area contributed by atoms with Crippen molar-refractivity contribution in [3.05, 3.63) is 34.9 Å². The fourth-order valence-electron chi connectivity index (χ4n) is 3.77. The van der Waals surface area contributed by atoms with E-state index in [2.05, 4.69) is 39.0 Å². The van der Waals surface area contributed by atoms with Gasteiger partial charge in [0.05, 0.1) is 5.60 Å². The largest absolute Gasteiger partial charge is 0.385 e. The molecular weight excluding hydrogens is 246 g/mol. The van der Waals surface area contributed by atoms with Crippen molar-refractivity contribution in [2.45, 2.75) is 59.0 Å². The minimum Gasteiger partial charge on any atom is -0.385 e. The SMILES string of the molecule is Cc1cc(C)cc(C(C)(O)C2(CN)CCC(C)CC2)c1. The van der Waals surface area contributed by atoms with Crippen LogP contribution in [0.3, 0.4) is 0 Å². The van der Waals surface area contributed by atoms with Crippen LogP contribution in [0.4, 0.5) is 0 Å². The summed E-state index contributed by atoms with van der Waals surface area (Å²) in [5.74, 6) is 0.754. The molecule has 2 rings (SSSR count). The molecule has 3 N–H and O–H groups in total. The lowest BCUT2D eigenvalue weighted by atomic mass is 9.60. The summed E-state index contributed by atoms with van der Waals surface area (Å²) in [7, 11) is 0. The first-order valence-corrected chi connectivity index (χ1v) is 7.82. The van der Waals surface area contributed by atoms with Gasteiger partial charge in [-0.15, -0.1) is 0 Å². The van der Waals surface area contributed by atoms with Gasteiger partial charge >= 0.3 is 0 Å². The monoisotopic (exact) mass is 275 g/mol. The molecule has 1 unspecified atom stereocenters. The number of rotatable bonds is 3. The summed E-state index contributed by atoms with van der Waals surface area (Å²) in [6.45, 7) is 8.99. The molecule has 0 radical (unpaired) electrons. The van der Waals surface area contributed by atoms with Crippen LogP contribution in [-0.2, 0) is 5.60 Å². The first-order valence-electron chi connectivity index (χ1n) is 7.82. The molecule has 2 heteroatoms. The summed E-state index contributed by atoms with van der Waals surface area (Å²) in [6, 6.07) is 6.38. The van der Waals surface area contributed by atoms with Gasteiger partial charge in [-0.25, -0.2) is 0 Å². The zero-order valence-electron chi connectivity index (χ0n) is 13.4. The van der Waals surface area contributed by atoms with Crippen LogP contribution in [0.1, 0.15) is 56.2 Å². The van der Waals surface area contributed by atoms with Crippen molar-refractivity contribution in [1.29, 1.82) is 0 Å². The molecule has 1 aliphatic rings. The highest BCUT2D eigenvalue weighted by Gasteiger charge is 2.48. The van der Waals surface area contributed by atoms with Gasteiger partial charge in [0.25, 0.3) is 0 Å². The van der Waals surface area contributed by atoms with E-state index in [1.165, 1.54) is 11.1 Å². The average molecular weight is 275 g/mol. The van der Waals surface area contributed by atoms with E-state index in [-0.39, 0.29) is 5.41 Å². The van der Waals surface area contributed by atoms with Gasteiger partial charge in [0.2, 0.25) is 0 Å². The van der Waals surface area contributed by atoms with E-state index in [4.69, 9.17) is 5.73 Å². The first-order chi connectivity index (χ1) is 9.30. The Morgan fingerprint density at radius 3 is 2.15 bits per heavy atom. The van der Waals surface area contributed by atoms with Crippen molar-refractivity contribution in [2.24, 2.45) is 17.1 Å². The Hall–Kier alpha value is -0.860. The summed E-state index contributed by atoms with van der Waals surface area (Å²) in [5.41, 5.74) is 8.53. The lowest BCUT2D eigenvalue weighted by Crippen LogP contribution is -2.50. The van der Waals surface area contributed by atoms with Gasteiger partial charge < -0.3 is 10.8 Å². The molecule has 2 nitrogen and oxygen atoms in total. The number of benzene rings is 1. The maximum atomic E-state index is 11.3. The minimum atomic E-state index is -0.849. The predicted octanol–water partition coefficient (Wildman–Crippen LogP) is 3.67. The Balaban J connectivity index is 2.40. The van der Waals surface area contributed by atoms with Crippen molar-refractivity contribution >= 4 is 0 Å². The lowest BCUT2D eigenvalue weighted by Gasteiger charge is -2.49. The molecule has 0 saturated heterocycles. The Bertz CT molecular complexity index is 450. The average Bonchev–Trinajstić information content (AvgIpc) is 2.38. The van der Waals surface area contributed by atoms with Gasteiger partial charge in [-0.3, -0.25) is 0 Å². The second-order valence-electron chi connectivity index (χ2n) is 7.12. The van der Waals surface area contributed by atoms with E-state index in [1.54, 1.807) is 0 Å². The summed E-state index contributed by atoms with van der Waals surface area (Å²) >= 11 is 0. The molecule has 0 heterocycles. The number of aryl methyl sites for hydroxylation is 2. The van der Waals surface area contributed by atoms with Crippen LogP contribution in [0.25, 0.3) is 0 Å². The van der Waals surface area contributed by atoms with Crippen molar-refractivity contribution in [1.82, 2.24) is 0 Å². The zero-order chi connectivity index (χ0) is 15.0. The third-order valence-corrected chi connectivity index (χ3v) is 5.44. The van der Waals surface area contributed by atoms with Crippen LogP contribution in [0.5, 0.6) is 0 Å². The van der Waals surface area contributed by atoms with Gasteiger partial charge in [0.1, 0.15) is 0 Å². The molecule has 112 valence electrons. The fourth-order valence-corrected chi connectivity index (χ4v) is 3.77. The van der Waals surface area contributed by atoms with Crippen LogP contribution in [0.15, 0.2) is 18.2 Å². The third-order valence-electron chi connectivity index (χ3n) is 5.44. The summed E-state index contributed by atoms with van der Waals surface area (Å²) in [4.78, 5) is 0. The predicted molar refractivity (Wildman–Crippen MR) is 84.6 cm³/mol. The topological polar surface area (TPSA) is 46.2 Å². The highest BCUT2D eigenvalue weighted by Crippen LogP contribution is 2.50. The second-order valence-corrected chi connectivity index (χ2v) is 7.12. The maximum absolute atomic E-state index is 11.3. The van der Waals surface area contributed by atoms with Crippen molar-refractivity contribution in [3.63, 3.8) is 0 Å². The zero-order valence-corrected chi connectivity index (χ0v) is 13.4. The summed E-state index contributed by atoms with van der Waals surface area (Å²) in [5, 5.41) is 11.3. The van der Waals surface area contributed by atoms with E-state index in [1.807, 2.05) is 6.92 Å². The molecule has 0 spiro atoms. The molecule has 0 bridgehead atoms. The van der Waals surface area contributed by atoms with Gasteiger partial charge in [-0.1, -0.05) is 49.1 Å². The number of aliphatic hydroxyl groups is 1. The van der Waals surface area contributed by atoms with Crippen molar-refractivity contribution in [3.8, 4) is 0 Å². The molecule has 1 fully saturated rings. The number of hydrogen-bond donors (Lipinski definition) is 2. The van der Waals surface area contributed by atoms with Crippen LogP contribution in [0.2, 0.25) is 0 Å². The molecule has 1 aliphatic carbocycles. The van der Waals surface area contributed by atoms with Crippen molar-refractivity contribution in [2.75, 3.05) is 6.54 Å². The van der Waals surface area contributed by atoms with Crippen LogP contribution in [-0.4, -0.2) is 11.7 Å². The Kier molecular flexibility index (Phi) is 4.27. The lowest BCUT2D eigenvalue weighted by molar-refractivity contribution is -0.0971. The van der Waals surface area contributed by atoms with Crippen LogP contribution in [0, 0.1) is 25.2 Å². The highest BCUT2D eigenvalue weighted by molar-refractivity contribution is 5.34. The Morgan fingerprint density at radius 2 is 1.70 bits per heavy atom. The standard InChI is InChI=1S/C18H29NO/c1-13-5-7-18(12-19,8-6-13)17(4,20)16-10-14(2)9-15(3)11-16/h9-11,13,20H,5-8,12,19H2,1-4H3. The molecular formula is C18H29NO. The molecule has 20 heavy (non-hydrogen) atoms. The fraction of sp³-hybridized carbons (Fsp3) is 0.667. The minimum absolute atomic E-state index is 0.181. The highest BCUT2D eigenvalue weighted by atomic mass is 16.3. The molecule has 1 aromatic carbocycles. The summed E-state index contributed by atoms with van der Waals surface area (Å²) in [6.07, 6.45) is 4.37. The third kappa shape index (κ3) is 2.64. The Labute approximate surface area is 123 Å². The molecule has 1 aromatic rings. The molecule has 1 atom stereocenters. The van der Waals surface area contributed by atoms with Crippen LogP contribution >= 0.6 is 0 Å². The molecule has 0 aliphatic heterocycles. The van der Waals surface area contributed by atoms with Crippen LogP contribution < -0.4 is 5.73 Å². The second kappa shape index (κ2) is 5.50. The Morgan fingerprint density at radius 1 is 1.20 bits per heavy atom. The molecule has 1 saturated carbocycles. The van der Waals surface area contributed by atoms with Crippen molar-refractivity contribution < 1.29 is 5.11 Å². The quantitative estimate of drug-likeness (QED) is 0.884. The maximum Gasteiger partial charge on any atom is 0.0936 e. The number of hydrogen-bond acceptors (Lipinski definition) is 2. The molecule has 0 aromatic heterocycles. The first kappa shape index (κ1) is 15.5. The van der Waals surface area contributed by atoms with Gasteiger partial charge in [-0.2, -0.15) is 0 Å². The number of nitrogens with two attached hydrogens (primary N) is 1. The van der Waals surface area contributed by atoms with E-state index < -0.39 is 5.60 Å². The van der Waals surface area contributed by atoms with Gasteiger partial charge in [0, 0.05) is 12.0 Å².